The first-order chi connectivity index (χ1) is 10.6. The lowest BCUT2D eigenvalue weighted by molar-refractivity contribution is -0.243. The second-order valence-electron chi connectivity index (χ2n) is 7.37. The molecule has 5 nitrogen and oxygen atoms in total. The molecule has 1 saturated heterocycles. The fourth-order valence-electron chi connectivity index (χ4n) is 4.08. The molecule has 2 rings (SSSR count). The number of epoxide rings is 1. The van der Waals surface area contributed by atoms with E-state index in [2.05, 4.69) is 31.6 Å². The van der Waals surface area contributed by atoms with Gasteiger partial charge in [-0.15, -0.1) is 0 Å². The van der Waals surface area contributed by atoms with Crippen molar-refractivity contribution in [3.63, 3.8) is 0 Å². The van der Waals surface area contributed by atoms with E-state index in [0.717, 1.165) is 12.0 Å². The molecule has 1 heterocycles. The maximum absolute atomic E-state index is 11.3. The zero-order valence-electron chi connectivity index (χ0n) is 15.2. The molecule has 2 fully saturated rings. The lowest BCUT2D eigenvalue weighted by atomic mass is 9.61. The Morgan fingerprint density at radius 1 is 1.09 bits per heavy atom. The van der Waals surface area contributed by atoms with Crippen LogP contribution in [-0.4, -0.2) is 44.3 Å². The monoisotopic (exact) mass is 324 g/mol. The number of methoxy groups -OCH3 is 3. The first-order valence-corrected chi connectivity index (χ1v) is 7.85. The average Bonchev–Trinajstić information content (AvgIpc) is 3.11. The zero-order valence-corrected chi connectivity index (χ0v) is 15.2. The highest BCUT2D eigenvalue weighted by atomic mass is 16.7. The van der Waals surface area contributed by atoms with Crippen LogP contribution in [0, 0.1) is 5.41 Å². The normalized spacial score (nSPS) is 35.0. The molecule has 0 radical (unpaired) electrons. The number of fused-ring (bicyclic) bond motifs is 1. The quantitative estimate of drug-likeness (QED) is 0.256. The van der Waals surface area contributed by atoms with Crippen molar-refractivity contribution in [2.45, 2.75) is 57.5 Å². The predicted octanol–water partition coefficient (Wildman–Crippen LogP) is 3.00. The van der Waals surface area contributed by atoms with Gasteiger partial charge in [0.1, 0.15) is 11.2 Å². The van der Waals surface area contributed by atoms with Crippen LogP contribution in [0.4, 0.5) is 0 Å². The van der Waals surface area contributed by atoms with E-state index in [4.69, 9.17) is 14.2 Å². The second kappa shape index (κ2) is 5.72. The van der Waals surface area contributed by atoms with Crippen molar-refractivity contribution >= 4 is 5.97 Å². The molecule has 1 saturated carbocycles. The highest BCUT2D eigenvalue weighted by molar-refractivity contribution is 5.83. The molecule has 2 aliphatic rings. The molecule has 0 aromatic heterocycles. The minimum Gasteiger partial charge on any atom is -0.466 e. The van der Waals surface area contributed by atoms with Crippen LogP contribution >= 0.6 is 0 Å². The fraction of sp³-hybridized carbons (Fsp3) is 0.722. The number of ether oxygens (including phenoxy) is 4. The van der Waals surface area contributed by atoms with Crippen molar-refractivity contribution in [2.24, 2.45) is 5.41 Å². The summed E-state index contributed by atoms with van der Waals surface area (Å²) in [6.07, 6.45) is 6.86. The smallest absolute Gasteiger partial charge is 0.330 e. The van der Waals surface area contributed by atoms with Gasteiger partial charge in [-0.2, -0.15) is 0 Å². The highest BCUT2D eigenvalue weighted by Gasteiger charge is 2.77. The van der Waals surface area contributed by atoms with Crippen LogP contribution in [0.3, 0.4) is 0 Å². The molecule has 0 amide bonds. The van der Waals surface area contributed by atoms with E-state index in [1.165, 1.54) is 13.2 Å². The number of carbonyl (C=O) groups excluding carboxylic acids is 1. The Morgan fingerprint density at radius 2 is 1.70 bits per heavy atom. The minimum atomic E-state index is -0.622. The third-order valence-electron chi connectivity index (χ3n) is 5.33. The number of esters is 1. The molecule has 1 aliphatic heterocycles. The molecule has 130 valence electrons. The van der Waals surface area contributed by atoms with Crippen molar-refractivity contribution in [1.29, 1.82) is 0 Å². The van der Waals surface area contributed by atoms with Gasteiger partial charge in [0.05, 0.1) is 7.11 Å². The Hall–Kier alpha value is -1.17. The van der Waals surface area contributed by atoms with E-state index in [1.54, 1.807) is 14.2 Å². The van der Waals surface area contributed by atoms with Crippen LogP contribution in [-0.2, 0) is 23.7 Å². The summed E-state index contributed by atoms with van der Waals surface area (Å²) in [6.45, 7) is 8.28. The molecule has 23 heavy (non-hydrogen) atoms. The molecule has 5 heteroatoms. The third-order valence-corrected chi connectivity index (χ3v) is 5.33. The largest absolute Gasteiger partial charge is 0.466 e. The number of rotatable bonds is 5. The molecule has 0 N–H and O–H groups in total. The maximum atomic E-state index is 11.3. The summed E-state index contributed by atoms with van der Waals surface area (Å²) in [5.74, 6) is -0.979. The van der Waals surface area contributed by atoms with Crippen molar-refractivity contribution < 1.29 is 23.7 Å². The van der Waals surface area contributed by atoms with Crippen molar-refractivity contribution in [1.82, 2.24) is 0 Å². The third kappa shape index (κ3) is 2.86. The van der Waals surface area contributed by atoms with E-state index in [0.29, 0.717) is 6.42 Å². The Labute approximate surface area is 138 Å². The van der Waals surface area contributed by atoms with E-state index in [1.807, 2.05) is 13.0 Å². The summed E-state index contributed by atoms with van der Waals surface area (Å²) in [7, 11) is 4.73. The van der Waals surface area contributed by atoms with E-state index in [-0.39, 0.29) is 22.6 Å². The van der Waals surface area contributed by atoms with Crippen LogP contribution < -0.4 is 0 Å². The van der Waals surface area contributed by atoms with E-state index < -0.39 is 5.79 Å². The van der Waals surface area contributed by atoms with Gasteiger partial charge in [0, 0.05) is 38.6 Å². The standard InChI is InChI=1S/C18H28O5/c1-13(10-14(19)20-5)8-9-18-15(2,3)11-17(21-6,22-7)12-16(18,4)23-18/h8-10H,11-12H2,1-7H3/b9-8+,13-10-. The lowest BCUT2D eigenvalue weighted by Crippen LogP contribution is -2.54. The molecule has 2 atom stereocenters. The Bertz CT molecular complexity index is 544. The Morgan fingerprint density at radius 3 is 2.17 bits per heavy atom. The van der Waals surface area contributed by atoms with Crippen LogP contribution in [0.1, 0.15) is 40.5 Å². The van der Waals surface area contributed by atoms with Crippen molar-refractivity contribution in [3.8, 4) is 0 Å². The van der Waals surface area contributed by atoms with Gasteiger partial charge in [-0.3, -0.25) is 0 Å². The molecule has 0 spiro atoms. The number of allylic oxidation sites excluding steroid dienone is 2. The molecule has 0 bridgehead atoms. The molecule has 2 unspecified atom stereocenters. The van der Waals surface area contributed by atoms with E-state index >= 15 is 0 Å². The number of hydrogen-bond acceptors (Lipinski definition) is 5. The summed E-state index contributed by atoms with van der Waals surface area (Å²) in [6, 6.07) is 0. The van der Waals surface area contributed by atoms with Crippen LogP contribution in [0.2, 0.25) is 0 Å². The average molecular weight is 324 g/mol. The van der Waals surface area contributed by atoms with Crippen molar-refractivity contribution in [3.05, 3.63) is 23.8 Å². The van der Waals surface area contributed by atoms with E-state index in [9.17, 15) is 4.79 Å². The lowest BCUT2D eigenvalue weighted by Gasteiger charge is -2.46. The predicted molar refractivity (Wildman–Crippen MR) is 86.9 cm³/mol. The zero-order chi connectivity index (χ0) is 17.5. The summed E-state index contributed by atoms with van der Waals surface area (Å²) >= 11 is 0. The number of carbonyl (C=O) groups is 1. The van der Waals surface area contributed by atoms with Gasteiger partial charge < -0.3 is 18.9 Å². The number of hydrogen-bond donors (Lipinski definition) is 0. The topological polar surface area (TPSA) is 57.3 Å². The van der Waals surface area contributed by atoms with Gasteiger partial charge >= 0.3 is 5.97 Å². The summed E-state index contributed by atoms with van der Waals surface area (Å²) < 4.78 is 22.2. The molecule has 0 aromatic rings. The van der Waals surface area contributed by atoms with Crippen LogP contribution in [0.15, 0.2) is 23.8 Å². The van der Waals surface area contributed by atoms with Crippen LogP contribution in [0.5, 0.6) is 0 Å². The van der Waals surface area contributed by atoms with Gasteiger partial charge in [-0.25, -0.2) is 4.79 Å². The molecular weight excluding hydrogens is 296 g/mol. The van der Waals surface area contributed by atoms with Gasteiger partial charge in [-0.1, -0.05) is 19.9 Å². The molecular formula is C18H28O5. The Kier molecular flexibility index (Phi) is 4.52. The van der Waals surface area contributed by atoms with Crippen molar-refractivity contribution in [2.75, 3.05) is 21.3 Å². The SMILES string of the molecule is COC(=O)/C=C(C)\C=C\C12OC1(C)CC(OC)(OC)CC2(C)C. The minimum absolute atomic E-state index is 0.173. The highest BCUT2D eigenvalue weighted by Crippen LogP contribution is 2.68. The van der Waals surface area contributed by atoms with Gasteiger partial charge in [0.15, 0.2) is 5.79 Å². The Balaban J connectivity index is 2.27. The maximum Gasteiger partial charge on any atom is 0.330 e. The first kappa shape index (κ1) is 18.2. The second-order valence-corrected chi connectivity index (χ2v) is 7.37. The van der Waals surface area contributed by atoms with Gasteiger partial charge in [0.25, 0.3) is 0 Å². The summed E-state index contributed by atoms with van der Waals surface area (Å²) in [4.78, 5) is 11.3. The van der Waals surface area contributed by atoms with Gasteiger partial charge in [-0.05, 0) is 25.5 Å². The van der Waals surface area contributed by atoms with Gasteiger partial charge in [0.2, 0.25) is 0 Å². The summed E-state index contributed by atoms with van der Waals surface area (Å²) in [5.41, 5.74) is -0.0713. The van der Waals surface area contributed by atoms with Crippen LogP contribution in [0.25, 0.3) is 0 Å². The summed E-state index contributed by atoms with van der Waals surface area (Å²) in [5, 5.41) is 0. The molecule has 1 aliphatic carbocycles. The molecule has 0 aromatic carbocycles. The fourth-order valence-corrected chi connectivity index (χ4v) is 4.08. The first-order valence-electron chi connectivity index (χ1n) is 7.85.